The summed E-state index contributed by atoms with van der Waals surface area (Å²) in [7, 11) is 5.07. The Balaban J connectivity index is 1.88. The lowest BCUT2D eigenvalue weighted by Gasteiger charge is -2.14. The second-order valence-corrected chi connectivity index (χ2v) is 5.78. The number of hydrogen-bond donors (Lipinski definition) is 2. The van der Waals surface area contributed by atoms with Crippen LogP contribution in [-0.4, -0.2) is 33.8 Å². The average molecular weight is 362 g/mol. The molecule has 0 aliphatic rings. The smallest absolute Gasteiger partial charge is 0.191 e. The molecule has 6 heteroatoms. The highest BCUT2D eigenvalue weighted by Gasteiger charge is 2.06. The van der Waals surface area contributed by atoms with Crippen LogP contribution in [0.5, 0.6) is 11.5 Å². The molecule has 0 aliphatic heterocycles. The highest BCUT2D eigenvalue weighted by Crippen LogP contribution is 2.24. The Morgan fingerprint density at radius 1 is 1.04 bits per heavy atom. The molecule has 0 radical (unpaired) electrons. The first kappa shape index (κ1) is 18.9. The van der Waals surface area contributed by atoms with E-state index in [1.807, 2.05) is 42.5 Å². The van der Waals surface area contributed by atoms with Crippen molar-refractivity contribution in [1.29, 1.82) is 0 Å². The molecule has 0 saturated carbocycles. The van der Waals surface area contributed by atoms with Crippen LogP contribution in [0.1, 0.15) is 11.1 Å². The third-order valence-electron chi connectivity index (χ3n) is 3.80. The van der Waals surface area contributed by atoms with Crippen molar-refractivity contribution >= 4 is 17.6 Å². The van der Waals surface area contributed by atoms with E-state index in [4.69, 9.17) is 21.1 Å². The molecule has 0 heterocycles. The number of nitrogens with zero attached hydrogens (tertiary/aromatic N) is 1. The molecular formula is C19H24ClN3O2. The van der Waals surface area contributed by atoms with Gasteiger partial charge in [-0.05, 0) is 41.8 Å². The van der Waals surface area contributed by atoms with E-state index in [-0.39, 0.29) is 0 Å². The van der Waals surface area contributed by atoms with Gasteiger partial charge in [0.05, 0.1) is 14.2 Å². The summed E-state index contributed by atoms with van der Waals surface area (Å²) in [6.45, 7) is 1.33. The van der Waals surface area contributed by atoms with Gasteiger partial charge in [0, 0.05) is 25.2 Å². The van der Waals surface area contributed by atoms with Crippen LogP contribution in [0.2, 0.25) is 5.02 Å². The minimum atomic E-state index is 0.613. The van der Waals surface area contributed by atoms with Gasteiger partial charge in [-0.25, -0.2) is 0 Å². The van der Waals surface area contributed by atoms with Gasteiger partial charge < -0.3 is 20.1 Å². The Hall–Kier alpha value is -2.40. The molecule has 0 saturated heterocycles. The first-order chi connectivity index (χ1) is 12.2. The van der Waals surface area contributed by atoms with Crippen LogP contribution in [-0.2, 0) is 13.0 Å². The summed E-state index contributed by atoms with van der Waals surface area (Å²) >= 11 is 6.17. The zero-order valence-electron chi connectivity index (χ0n) is 14.8. The summed E-state index contributed by atoms with van der Waals surface area (Å²) in [4.78, 5) is 4.24. The highest BCUT2D eigenvalue weighted by atomic mass is 35.5. The molecule has 25 heavy (non-hydrogen) atoms. The molecule has 0 bridgehead atoms. The number of ether oxygens (including phenoxy) is 2. The summed E-state index contributed by atoms with van der Waals surface area (Å²) in [6.07, 6.45) is 0.785. The largest absolute Gasteiger partial charge is 0.497 e. The number of hydrogen-bond acceptors (Lipinski definition) is 3. The topological polar surface area (TPSA) is 54.9 Å². The summed E-state index contributed by atoms with van der Waals surface area (Å²) in [5.74, 6) is 2.39. The number of guanidine groups is 1. The normalized spacial score (nSPS) is 11.1. The molecule has 2 N–H and O–H groups in total. The van der Waals surface area contributed by atoms with E-state index in [9.17, 15) is 0 Å². The SMILES string of the molecule is CN=C(NCCc1cc(OC)ccc1OC)NCc1ccccc1Cl. The minimum absolute atomic E-state index is 0.613. The Kier molecular flexibility index (Phi) is 7.41. The van der Waals surface area contributed by atoms with Crippen molar-refractivity contribution in [3.05, 3.63) is 58.6 Å². The molecule has 0 aromatic heterocycles. The molecule has 0 spiro atoms. The minimum Gasteiger partial charge on any atom is -0.497 e. The summed E-state index contributed by atoms with van der Waals surface area (Å²) in [5, 5.41) is 7.30. The summed E-state index contributed by atoms with van der Waals surface area (Å²) in [6, 6.07) is 13.5. The maximum atomic E-state index is 6.17. The molecule has 0 amide bonds. The Morgan fingerprint density at radius 2 is 1.84 bits per heavy atom. The van der Waals surface area contributed by atoms with E-state index < -0.39 is 0 Å². The molecule has 2 aromatic rings. The number of nitrogens with one attached hydrogen (secondary N) is 2. The zero-order chi connectivity index (χ0) is 18.1. The van der Waals surface area contributed by atoms with Crippen molar-refractivity contribution in [2.45, 2.75) is 13.0 Å². The maximum Gasteiger partial charge on any atom is 0.191 e. The molecule has 0 fully saturated rings. The van der Waals surface area contributed by atoms with Gasteiger partial charge >= 0.3 is 0 Å². The third kappa shape index (κ3) is 5.57. The van der Waals surface area contributed by atoms with Crippen molar-refractivity contribution in [2.24, 2.45) is 4.99 Å². The van der Waals surface area contributed by atoms with Gasteiger partial charge in [0.1, 0.15) is 11.5 Å². The quantitative estimate of drug-likeness (QED) is 0.587. The lowest BCUT2D eigenvalue weighted by Crippen LogP contribution is -2.37. The summed E-state index contributed by atoms with van der Waals surface area (Å²) in [5.41, 5.74) is 2.11. The molecule has 5 nitrogen and oxygen atoms in total. The standard InChI is InChI=1S/C19H24ClN3O2/c1-21-19(23-13-15-6-4-5-7-17(15)20)22-11-10-14-12-16(24-2)8-9-18(14)25-3/h4-9,12H,10-11,13H2,1-3H3,(H2,21,22,23). The van der Waals surface area contributed by atoms with Gasteiger partial charge in [-0.2, -0.15) is 0 Å². The van der Waals surface area contributed by atoms with Crippen molar-refractivity contribution in [1.82, 2.24) is 10.6 Å². The fraction of sp³-hybridized carbons (Fsp3) is 0.316. The first-order valence-electron chi connectivity index (χ1n) is 8.06. The van der Waals surface area contributed by atoms with Crippen molar-refractivity contribution in [2.75, 3.05) is 27.8 Å². The highest BCUT2D eigenvalue weighted by molar-refractivity contribution is 6.31. The summed E-state index contributed by atoms with van der Waals surface area (Å²) < 4.78 is 10.7. The Labute approximate surface area is 154 Å². The Morgan fingerprint density at radius 3 is 2.52 bits per heavy atom. The fourth-order valence-corrected chi connectivity index (χ4v) is 2.64. The van der Waals surface area contributed by atoms with Gasteiger partial charge in [-0.1, -0.05) is 29.8 Å². The lowest BCUT2D eigenvalue weighted by atomic mass is 10.1. The van der Waals surface area contributed by atoms with Crippen LogP contribution in [0.25, 0.3) is 0 Å². The zero-order valence-corrected chi connectivity index (χ0v) is 15.6. The van der Waals surface area contributed by atoms with Crippen LogP contribution in [0, 0.1) is 0 Å². The van der Waals surface area contributed by atoms with Gasteiger partial charge in [0.2, 0.25) is 0 Å². The van der Waals surface area contributed by atoms with Crippen molar-refractivity contribution in [3.8, 4) is 11.5 Å². The van der Waals surface area contributed by atoms with E-state index in [0.717, 1.165) is 40.0 Å². The predicted octanol–water partition coefficient (Wildman–Crippen LogP) is 3.26. The second-order valence-electron chi connectivity index (χ2n) is 5.37. The molecule has 134 valence electrons. The van der Waals surface area contributed by atoms with Crippen molar-refractivity contribution < 1.29 is 9.47 Å². The van der Waals surface area contributed by atoms with E-state index in [1.165, 1.54) is 0 Å². The second kappa shape index (κ2) is 9.79. The molecule has 2 rings (SSSR count). The molecule has 0 aliphatic carbocycles. The number of benzene rings is 2. The van der Waals surface area contributed by atoms with Crippen LogP contribution in [0.15, 0.2) is 47.5 Å². The van der Waals surface area contributed by atoms with Gasteiger partial charge in [0.25, 0.3) is 0 Å². The van der Waals surface area contributed by atoms with Gasteiger partial charge in [0.15, 0.2) is 5.96 Å². The first-order valence-corrected chi connectivity index (χ1v) is 8.44. The number of halogens is 1. The average Bonchev–Trinajstić information content (AvgIpc) is 2.65. The maximum absolute atomic E-state index is 6.17. The van der Waals surface area contributed by atoms with E-state index in [0.29, 0.717) is 13.1 Å². The Bertz CT molecular complexity index is 720. The predicted molar refractivity (Wildman–Crippen MR) is 103 cm³/mol. The van der Waals surface area contributed by atoms with Crippen LogP contribution >= 0.6 is 11.6 Å². The van der Waals surface area contributed by atoms with E-state index in [2.05, 4.69) is 15.6 Å². The number of methoxy groups -OCH3 is 2. The van der Waals surface area contributed by atoms with Crippen LogP contribution in [0.4, 0.5) is 0 Å². The number of aliphatic imine (C=N–C) groups is 1. The van der Waals surface area contributed by atoms with E-state index >= 15 is 0 Å². The molecule has 0 atom stereocenters. The lowest BCUT2D eigenvalue weighted by molar-refractivity contribution is 0.398. The monoisotopic (exact) mass is 361 g/mol. The fourth-order valence-electron chi connectivity index (χ4n) is 2.43. The van der Waals surface area contributed by atoms with Gasteiger partial charge in [-0.3, -0.25) is 4.99 Å². The molecular weight excluding hydrogens is 338 g/mol. The van der Waals surface area contributed by atoms with Crippen LogP contribution < -0.4 is 20.1 Å². The molecule has 0 unspecified atom stereocenters. The number of rotatable bonds is 7. The van der Waals surface area contributed by atoms with Gasteiger partial charge in [-0.15, -0.1) is 0 Å². The molecule has 2 aromatic carbocycles. The van der Waals surface area contributed by atoms with Crippen LogP contribution in [0.3, 0.4) is 0 Å². The van der Waals surface area contributed by atoms with Crippen molar-refractivity contribution in [3.63, 3.8) is 0 Å². The van der Waals surface area contributed by atoms with E-state index in [1.54, 1.807) is 21.3 Å². The third-order valence-corrected chi connectivity index (χ3v) is 4.17.